The van der Waals surface area contributed by atoms with Gasteiger partial charge in [-0.05, 0) is 30.6 Å². The van der Waals surface area contributed by atoms with E-state index >= 15 is 0 Å². The predicted octanol–water partition coefficient (Wildman–Crippen LogP) is 2.39. The number of rotatable bonds is 2. The molecular formula is C14H22N6. The number of fused-ring (bicyclic) bond motifs is 1. The average Bonchev–Trinajstić information content (AvgIpc) is 2.70. The largest absolute Gasteiger partial charge is 0.365 e. The fraction of sp³-hybridized carbons (Fsp3) is 0.714. The van der Waals surface area contributed by atoms with Crippen molar-refractivity contribution in [3.8, 4) is 0 Å². The zero-order valence-electron chi connectivity index (χ0n) is 12.6. The molecule has 20 heavy (non-hydrogen) atoms. The summed E-state index contributed by atoms with van der Waals surface area (Å²) in [6.07, 6.45) is 5.19. The van der Waals surface area contributed by atoms with Crippen LogP contribution in [-0.4, -0.2) is 31.0 Å². The van der Waals surface area contributed by atoms with Gasteiger partial charge >= 0.3 is 0 Å². The SMILES string of the molecule is C[C@H]1C[C@@H](Nc2ncnc3c2nnn3C)CC(C)(C)C1. The van der Waals surface area contributed by atoms with E-state index in [1.807, 2.05) is 7.05 Å². The zero-order valence-corrected chi connectivity index (χ0v) is 12.6. The van der Waals surface area contributed by atoms with Gasteiger partial charge in [-0.25, -0.2) is 14.6 Å². The summed E-state index contributed by atoms with van der Waals surface area (Å²) in [4.78, 5) is 8.57. The Morgan fingerprint density at radius 3 is 2.85 bits per heavy atom. The van der Waals surface area contributed by atoms with Crippen molar-refractivity contribution in [2.75, 3.05) is 5.32 Å². The summed E-state index contributed by atoms with van der Waals surface area (Å²) in [7, 11) is 1.85. The molecule has 6 nitrogen and oxygen atoms in total. The number of aromatic nitrogens is 5. The molecule has 0 saturated heterocycles. The van der Waals surface area contributed by atoms with Crippen LogP contribution in [0.25, 0.3) is 11.2 Å². The van der Waals surface area contributed by atoms with E-state index < -0.39 is 0 Å². The standard InChI is InChI=1S/C14H22N6/c1-9-5-10(7-14(2,3)6-9)17-12-11-13(16-8-15-12)20(4)19-18-11/h8-10H,5-7H2,1-4H3,(H,15,16,17)/t9-,10+/m0/s1. The predicted molar refractivity (Wildman–Crippen MR) is 78.3 cm³/mol. The molecule has 2 heterocycles. The average molecular weight is 274 g/mol. The molecule has 1 aliphatic rings. The van der Waals surface area contributed by atoms with Crippen molar-refractivity contribution in [1.82, 2.24) is 25.0 Å². The van der Waals surface area contributed by atoms with Gasteiger partial charge in [0, 0.05) is 13.1 Å². The van der Waals surface area contributed by atoms with Gasteiger partial charge in [-0.2, -0.15) is 0 Å². The summed E-state index contributed by atoms with van der Waals surface area (Å²) in [5.74, 6) is 1.54. The topological polar surface area (TPSA) is 68.5 Å². The molecule has 0 bridgehead atoms. The summed E-state index contributed by atoms with van der Waals surface area (Å²) < 4.78 is 1.68. The van der Waals surface area contributed by atoms with Crippen molar-refractivity contribution in [2.45, 2.75) is 46.1 Å². The van der Waals surface area contributed by atoms with Crippen molar-refractivity contribution in [1.29, 1.82) is 0 Å². The van der Waals surface area contributed by atoms with Gasteiger partial charge < -0.3 is 5.32 Å². The highest BCUT2D eigenvalue weighted by Crippen LogP contribution is 2.39. The van der Waals surface area contributed by atoms with E-state index in [9.17, 15) is 0 Å². The van der Waals surface area contributed by atoms with Crippen LogP contribution in [0, 0.1) is 11.3 Å². The first-order valence-electron chi connectivity index (χ1n) is 7.21. The van der Waals surface area contributed by atoms with Gasteiger partial charge in [0.15, 0.2) is 17.0 Å². The second-order valence-electron chi connectivity index (χ2n) is 6.86. The van der Waals surface area contributed by atoms with Crippen LogP contribution < -0.4 is 5.32 Å². The third kappa shape index (κ3) is 2.46. The summed E-state index contributed by atoms with van der Waals surface area (Å²) >= 11 is 0. The van der Waals surface area contributed by atoms with Crippen LogP contribution in [0.2, 0.25) is 0 Å². The van der Waals surface area contributed by atoms with Crippen LogP contribution >= 0.6 is 0 Å². The van der Waals surface area contributed by atoms with Gasteiger partial charge in [-0.3, -0.25) is 0 Å². The lowest BCUT2D eigenvalue weighted by Gasteiger charge is -2.39. The van der Waals surface area contributed by atoms with E-state index in [2.05, 4.69) is 46.4 Å². The summed E-state index contributed by atoms with van der Waals surface area (Å²) in [5, 5.41) is 11.7. The van der Waals surface area contributed by atoms with Gasteiger partial charge in [0.25, 0.3) is 0 Å². The second kappa shape index (κ2) is 4.68. The molecule has 0 spiro atoms. The highest BCUT2D eigenvalue weighted by atomic mass is 15.4. The third-order valence-electron chi connectivity index (χ3n) is 4.12. The van der Waals surface area contributed by atoms with Crippen LogP contribution in [0.1, 0.15) is 40.0 Å². The summed E-state index contributed by atoms with van der Waals surface area (Å²) in [6, 6.07) is 0.439. The molecule has 6 heteroatoms. The van der Waals surface area contributed by atoms with E-state index in [1.165, 1.54) is 12.8 Å². The van der Waals surface area contributed by atoms with Crippen molar-refractivity contribution in [3.05, 3.63) is 6.33 Å². The van der Waals surface area contributed by atoms with Gasteiger partial charge in [0.1, 0.15) is 6.33 Å². The minimum Gasteiger partial charge on any atom is -0.365 e. The first-order valence-corrected chi connectivity index (χ1v) is 7.21. The Bertz CT molecular complexity index is 617. The van der Waals surface area contributed by atoms with Gasteiger partial charge in [-0.15, -0.1) is 5.10 Å². The lowest BCUT2D eigenvalue weighted by atomic mass is 9.70. The Kier molecular flexibility index (Phi) is 3.11. The van der Waals surface area contributed by atoms with Crippen LogP contribution in [0.15, 0.2) is 6.33 Å². The van der Waals surface area contributed by atoms with E-state index in [0.717, 1.165) is 29.3 Å². The van der Waals surface area contributed by atoms with Crippen LogP contribution in [-0.2, 0) is 7.05 Å². The Morgan fingerprint density at radius 2 is 2.10 bits per heavy atom. The van der Waals surface area contributed by atoms with Crippen molar-refractivity contribution < 1.29 is 0 Å². The smallest absolute Gasteiger partial charge is 0.183 e. The molecule has 1 saturated carbocycles. The Hall–Kier alpha value is -1.72. The van der Waals surface area contributed by atoms with E-state index in [0.29, 0.717) is 11.5 Å². The minimum absolute atomic E-state index is 0.379. The molecule has 0 radical (unpaired) electrons. The molecule has 3 rings (SSSR count). The number of aryl methyl sites for hydroxylation is 1. The number of anilines is 1. The van der Waals surface area contributed by atoms with E-state index in [4.69, 9.17) is 0 Å². The maximum Gasteiger partial charge on any atom is 0.183 e. The fourth-order valence-electron chi connectivity index (χ4n) is 3.61. The molecule has 2 atom stereocenters. The van der Waals surface area contributed by atoms with E-state index in [1.54, 1.807) is 11.0 Å². The minimum atomic E-state index is 0.379. The molecule has 1 N–H and O–H groups in total. The van der Waals surface area contributed by atoms with Gasteiger partial charge in [0.2, 0.25) is 0 Å². The van der Waals surface area contributed by atoms with Crippen LogP contribution in [0.5, 0.6) is 0 Å². The molecule has 108 valence electrons. The van der Waals surface area contributed by atoms with Gasteiger partial charge in [0.05, 0.1) is 0 Å². The molecule has 0 aromatic carbocycles. The van der Waals surface area contributed by atoms with Crippen LogP contribution in [0.3, 0.4) is 0 Å². The maximum absolute atomic E-state index is 4.35. The molecule has 0 aliphatic heterocycles. The molecule has 2 aromatic rings. The third-order valence-corrected chi connectivity index (χ3v) is 4.12. The maximum atomic E-state index is 4.35. The number of hydrogen-bond donors (Lipinski definition) is 1. The molecule has 2 aromatic heterocycles. The molecule has 0 unspecified atom stereocenters. The fourth-order valence-corrected chi connectivity index (χ4v) is 3.61. The van der Waals surface area contributed by atoms with E-state index in [-0.39, 0.29) is 0 Å². The Balaban J connectivity index is 1.86. The molecule has 0 amide bonds. The number of nitrogens with zero attached hydrogens (tertiary/aromatic N) is 5. The van der Waals surface area contributed by atoms with Crippen molar-refractivity contribution in [2.24, 2.45) is 18.4 Å². The van der Waals surface area contributed by atoms with Crippen molar-refractivity contribution >= 4 is 17.0 Å². The summed E-state index contributed by atoms with van der Waals surface area (Å²) in [5.41, 5.74) is 1.90. The number of nitrogens with one attached hydrogen (secondary N) is 1. The zero-order chi connectivity index (χ0) is 14.3. The molecule has 1 fully saturated rings. The Labute approximate surface area is 119 Å². The quantitative estimate of drug-likeness (QED) is 0.910. The molecule has 1 aliphatic carbocycles. The summed E-state index contributed by atoms with van der Waals surface area (Å²) in [6.45, 7) is 7.01. The highest BCUT2D eigenvalue weighted by Gasteiger charge is 2.32. The normalized spacial score (nSPS) is 25.8. The number of hydrogen-bond acceptors (Lipinski definition) is 5. The first-order chi connectivity index (χ1) is 9.44. The second-order valence-corrected chi connectivity index (χ2v) is 6.86. The highest BCUT2D eigenvalue weighted by molar-refractivity contribution is 5.81. The first kappa shape index (κ1) is 13.3. The lowest BCUT2D eigenvalue weighted by molar-refractivity contribution is 0.178. The van der Waals surface area contributed by atoms with Gasteiger partial charge in [-0.1, -0.05) is 26.0 Å². The lowest BCUT2D eigenvalue weighted by Crippen LogP contribution is -2.35. The monoisotopic (exact) mass is 274 g/mol. The van der Waals surface area contributed by atoms with Crippen molar-refractivity contribution in [3.63, 3.8) is 0 Å². The molecular weight excluding hydrogens is 252 g/mol. The Morgan fingerprint density at radius 1 is 1.30 bits per heavy atom. The van der Waals surface area contributed by atoms with Crippen LogP contribution in [0.4, 0.5) is 5.82 Å².